The minimum absolute atomic E-state index is 0.0684. The molecule has 1 aromatic heterocycles. The largest absolute Gasteiger partial charge is 0.383 e. The number of nitrogen functional groups attached to an aromatic ring is 1. The van der Waals surface area contributed by atoms with Crippen molar-refractivity contribution in [2.24, 2.45) is 11.3 Å². The Balaban J connectivity index is 1.80. The molecule has 0 saturated carbocycles. The van der Waals surface area contributed by atoms with Gasteiger partial charge in [-0.3, -0.25) is 20.4 Å². The van der Waals surface area contributed by atoms with Crippen LogP contribution in [0, 0.1) is 11.3 Å². The number of nitrogens with two attached hydrogens (primary N) is 1. The van der Waals surface area contributed by atoms with Crippen molar-refractivity contribution in [3.63, 3.8) is 0 Å². The molecule has 148 valence electrons. The zero-order chi connectivity index (χ0) is 20.2. The lowest BCUT2D eigenvalue weighted by Crippen LogP contribution is -2.48. The van der Waals surface area contributed by atoms with Crippen LogP contribution in [0.1, 0.15) is 44.0 Å². The summed E-state index contributed by atoms with van der Waals surface area (Å²) in [5.41, 5.74) is 10.0. The molecular weight excluding hydrogens is 418 g/mol. The van der Waals surface area contributed by atoms with Crippen LogP contribution in [0.25, 0.3) is 0 Å². The number of amides is 2. The number of hydrogen-bond acceptors (Lipinski definition) is 7. The predicted molar refractivity (Wildman–Crippen MR) is 102 cm³/mol. The van der Waals surface area contributed by atoms with E-state index in [1.165, 1.54) is 12.3 Å². The van der Waals surface area contributed by atoms with Crippen molar-refractivity contribution in [3.8, 4) is 0 Å². The molecule has 0 aliphatic carbocycles. The first-order valence-corrected chi connectivity index (χ1v) is 9.36. The molecule has 2 heterocycles. The van der Waals surface area contributed by atoms with E-state index < -0.39 is 11.3 Å². The average molecular weight is 442 g/mol. The number of pyridine rings is 1. The molecule has 2 amide bonds. The maximum Gasteiger partial charge on any atom is 0.330 e. The molecule has 0 spiro atoms. The van der Waals surface area contributed by atoms with Gasteiger partial charge in [0.15, 0.2) is 0 Å². The number of nitrogens with one attached hydrogen (secondary N) is 2. The summed E-state index contributed by atoms with van der Waals surface area (Å²) >= 11 is 3.22. The average Bonchev–Trinajstić information content (AvgIpc) is 2.61. The zero-order valence-corrected chi connectivity index (χ0v) is 17.1. The van der Waals surface area contributed by atoms with Crippen LogP contribution in [0.15, 0.2) is 16.7 Å². The van der Waals surface area contributed by atoms with Crippen molar-refractivity contribution in [3.05, 3.63) is 22.3 Å². The van der Waals surface area contributed by atoms with Crippen LogP contribution in [-0.4, -0.2) is 40.9 Å². The molecule has 0 bridgehead atoms. The van der Waals surface area contributed by atoms with Crippen LogP contribution in [-0.2, 0) is 14.4 Å². The quantitative estimate of drug-likeness (QED) is 0.604. The monoisotopic (exact) mass is 441 g/mol. The number of carbonyl (C=O) groups excluding carboxylic acids is 3. The van der Waals surface area contributed by atoms with Crippen molar-refractivity contribution in [2.45, 2.75) is 33.6 Å². The van der Waals surface area contributed by atoms with Crippen LogP contribution < -0.4 is 16.6 Å². The van der Waals surface area contributed by atoms with Gasteiger partial charge in [0.05, 0.1) is 11.0 Å². The van der Waals surface area contributed by atoms with E-state index in [0.717, 1.165) is 0 Å². The maximum absolute atomic E-state index is 12.3. The Bertz CT molecular complexity index is 727. The third-order valence-corrected chi connectivity index (χ3v) is 4.51. The van der Waals surface area contributed by atoms with E-state index in [1.54, 1.807) is 25.8 Å². The van der Waals surface area contributed by atoms with Crippen molar-refractivity contribution >= 4 is 39.5 Å². The summed E-state index contributed by atoms with van der Waals surface area (Å²) in [5, 5.41) is 1.57. The third-order valence-electron chi connectivity index (χ3n) is 4.08. The summed E-state index contributed by atoms with van der Waals surface area (Å²) < 4.78 is 0.602. The summed E-state index contributed by atoms with van der Waals surface area (Å²) in [4.78, 5) is 45.5. The van der Waals surface area contributed by atoms with Gasteiger partial charge < -0.3 is 10.6 Å². The Morgan fingerprint density at radius 1 is 1.26 bits per heavy atom. The van der Waals surface area contributed by atoms with Gasteiger partial charge >= 0.3 is 5.97 Å². The molecule has 1 aromatic rings. The van der Waals surface area contributed by atoms with Gasteiger partial charge in [-0.1, -0.05) is 0 Å². The van der Waals surface area contributed by atoms with Gasteiger partial charge in [-0.25, -0.2) is 9.78 Å². The van der Waals surface area contributed by atoms with Gasteiger partial charge in [0.25, 0.3) is 5.91 Å². The van der Waals surface area contributed by atoms with Crippen LogP contribution in [0.3, 0.4) is 0 Å². The highest BCUT2D eigenvalue weighted by Gasteiger charge is 2.30. The maximum atomic E-state index is 12.3. The molecule has 1 aliphatic heterocycles. The minimum Gasteiger partial charge on any atom is -0.383 e. The number of carbonyl (C=O) groups is 3. The Hall–Kier alpha value is -2.20. The molecule has 2 rings (SSSR count). The molecule has 10 heteroatoms. The van der Waals surface area contributed by atoms with Gasteiger partial charge in [0.2, 0.25) is 5.91 Å². The molecule has 1 fully saturated rings. The lowest BCUT2D eigenvalue weighted by atomic mass is 9.97. The summed E-state index contributed by atoms with van der Waals surface area (Å²) in [7, 11) is 0. The highest BCUT2D eigenvalue weighted by atomic mass is 79.9. The van der Waals surface area contributed by atoms with E-state index in [4.69, 9.17) is 10.6 Å². The lowest BCUT2D eigenvalue weighted by molar-refractivity contribution is -0.206. The fraction of sp³-hybridized carbons (Fsp3) is 0.529. The Kier molecular flexibility index (Phi) is 6.77. The number of halogens is 1. The van der Waals surface area contributed by atoms with Gasteiger partial charge in [0.1, 0.15) is 5.82 Å². The molecule has 1 saturated heterocycles. The second-order valence-electron chi connectivity index (χ2n) is 7.36. The van der Waals surface area contributed by atoms with Crippen molar-refractivity contribution in [1.82, 2.24) is 20.9 Å². The highest BCUT2D eigenvalue weighted by molar-refractivity contribution is 9.10. The molecule has 4 N–H and O–H groups in total. The van der Waals surface area contributed by atoms with Gasteiger partial charge in [-0.05, 0) is 55.6 Å². The first-order chi connectivity index (χ1) is 12.6. The number of nitrogens with zero attached hydrogens (tertiary/aromatic N) is 2. The summed E-state index contributed by atoms with van der Waals surface area (Å²) in [6, 6.07) is 1.52. The number of anilines is 1. The van der Waals surface area contributed by atoms with Crippen molar-refractivity contribution in [1.29, 1.82) is 0 Å². The second-order valence-corrected chi connectivity index (χ2v) is 8.28. The van der Waals surface area contributed by atoms with Crippen LogP contribution in [0.4, 0.5) is 5.82 Å². The van der Waals surface area contributed by atoms with Gasteiger partial charge in [-0.2, -0.15) is 0 Å². The molecule has 9 nitrogen and oxygen atoms in total. The van der Waals surface area contributed by atoms with E-state index in [2.05, 4.69) is 31.8 Å². The third kappa shape index (κ3) is 5.90. The SMILES string of the molecule is CC(C)(C)C(=O)ON1CCC(C(=O)NNC(=O)c2cc(Br)cnc2N)CC1. The summed E-state index contributed by atoms with van der Waals surface area (Å²) in [6.45, 7) is 6.26. The van der Waals surface area contributed by atoms with Gasteiger partial charge in [-0.15, -0.1) is 5.06 Å². The van der Waals surface area contributed by atoms with Crippen molar-refractivity contribution in [2.75, 3.05) is 18.8 Å². The highest BCUT2D eigenvalue weighted by Crippen LogP contribution is 2.21. The first kappa shape index (κ1) is 21.1. The zero-order valence-electron chi connectivity index (χ0n) is 15.5. The standard InChI is InChI=1S/C17H24BrN5O4/c1-17(2,3)16(26)27-23-6-4-10(5-7-23)14(24)21-22-15(25)12-8-11(18)9-20-13(12)19/h8-10H,4-7H2,1-3H3,(H2,19,20)(H,21,24)(H,22,25). The molecule has 1 aliphatic rings. The second kappa shape index (κ2) is 8.66. The van der Waals surface area contributed by atoms with E-state index >= 15 is 0 Å². The Morgan fingerprint density at radius 2 is 1.89 bits per heavy atom. The van der Waals surface area contributed by atoms with E-state index in [9.17, 15) is 14.4 Å². The predicted octanol–water partition coefficient (Wildman–Crippen LogP) is 1.40. The number of rotatable bonds is 3. The summed E-state index contributed by atoms with van der Waals surface area (Å²) in [6.07, 6.45) is 2.50. The smallest absolute Gasteiger partial charge is 0.330 e. The van der Waals surface area contributed by atoms with E-state index in [-0.39, 0.29) is 29.2 Å². The number of piperidine rings is 1. The number of hydrogen-bond donors (Lipinski definition) is 3. The van der Waals surface area contributed by atoms with Crippen LogP contribution in [0.5, 0.6) is 0 Å². The number of hydroxylamine groups is 2. The normalized spacial score (nSPS) is 15.9. The first-order valence-electron chi connectivity index (χ1n) is 8.56. The number of aromatic nitrogens is 1. The Labute approximate surface area is 166 Å². The van der Waals surface area contributed by atoms with E-state index in [0.29, 0.717) is 30.4 Å². The van der Waals surface area contributed by atoms with Crippen molar-refractivity contribution < 1.29 is 19.2 Å². The molecule has 0 aromatic carbocycles. The molecular formula is C17H24BrN5O4. The fourth-order valence-electron chi connectivity index (χ4n) is 2.38. The van der Waals surface area contributed by atoms with Gasteiger partial charge in [0, 0.05) is 29.7 Å². The fourth-order valence-corrected chi connectivity index (χ4v) is 2.71. The Morgan fingerprint density at radius 3 is 2.48 bits per heavy atom. The summed E-state index contributed by atoms with van der Waals surface area (Å²) in [5.74, 6) is -1.37. The molecule has 0 atom stereocenters. The lowest BCUT2D eigenvalue weighted by Gasteiger charge is -2.31. The van der Waals surface area contributed by atoms with E-state index in [1.807, 2.05) is 0 Å². The molecule has 27 heavy (non-hydrogen) atoms. The topological polar surface area (TPSA) is 127 Å². The number of hydrazine groups is 1. The van der Waals surface area contributed by atoms with Crippen LogP contribution >= 0.6 is 15.9 Å². The molecule has 0 unspecified atom stereocenters. The van der Waals surface area contributed by atoms with Crippen LogP contribution in [0.2, 0.25) is 0 Å². The minimum atomic E-state index is -0.582. The molecule has 0 radical (unpaired) electrons.